The minimum Gasteiger partial charge on any atom is -0.408 e. The second-order valence-corrected chi connectivity index (χ2v) is 5.15. The summed E-state index contributed by atoms with van der Waals surface area (Å²) in [6.07, 6.45) is 0.599. The Labute approximate surface area is 116 Å². The van der Waals surface area contributed by atoms with Gasteiger partial charge in [0.15, 0.2) is 0 Å². The fourth-order valence-electron chi connectivity index (χ4n) is 2.14. The van der Waals surface area contributed by atoms with Gasteiger partial charge in [0, 0.05) is 18.0 Å². The van der Waals surface area contributed by atoms with Crippen LogP contribution in [0.25, 0.3) is 0 Å². The number of fused-ring (bicyclic) bond motifs is 1. The molecule has 0 spiro atoms. The molecular formula is C14H16N4O2. The zero-order valence-electron chi connectivity index (χ0n) is 11.4. The van der Waals surface area contributed by atoms with Crippen LogP contribution in [0.3, 0.4) is 0 Å². The van der Waals surface area contributed by atoms with Gasteiger partial charge in [-0.1, -0.05) is 37.1 Å². The lowest BCUT2D eigenvalue weighted by atomic mass is 9.99. The second-order valence-electron chi connectivity index (χ2n) is 5.15. The topological polar surface area (TPSA) is 80.0 Å². The Balaban J connectivity index is 1.76. The molecule has 6 heteroatoms. The molecule has 6 nitrogen and oxygen atoms in total. The summed E-state index contributed by atoms with van der Waals surface area (Å²) in [6.45, 7) is 3.95. The third-order valence-electron chi connectivity index (χ3n) is 3.25. The van der Waals surface area contributed by atoms with Crippen molar-refractivity contribution < 1.29 is 9.21 Å². The van der Waals surface area contributed by atoms with Crippen LogP contribution in [0.1, 0.15) is 31.2 Å². The Morgan fingerprint density at radius 3 is 2.90 bits per heavy atom. The molecule has 2 N–H and O–H groups in total. The van der Waals surface area contributed by atoms with Crippen LogP contribution in [-0.2, 0) is 11.2 Å². The number of benzene rings is 1. The zero-order chi connectivity index (χ0) is 14.1. The molecule has 1 amide bonds. The van der Waals surface area contributed by atoms with Crippen molar-refractivity contribution >= 4 is 17.6 Å². The predicted molar refractivity (Wildman–Crippen MR) is 74.6 cm³/mol. The van der Waals surface area contributed by atoms with E-state index in [-0.39, 0.29) is 17.8 Å². The van der Waals surface area contributed by atoms with E-state index >= 15 is 0 Å². The van der Waals surface area contributed by atoms with Crippen molar-refractivity contribution in [1.82, 2.24) is 10.2 Å². The van der Waals surface area contributed by atoms with Gasteiger partial charge in [0.2, 0.25) is 11.8 Å². The van der Waals surface area contributed by atoms with Gasteiger partial charge in [-0.3, -0.25) is 4.79 Å². The van der Waals surface area contributed by atoms with Crippen LogP contribution in [-0.4, -0.2) is 22.1 Å². The van der Waals surface area contributed by atoms with E-state index in [0.717, 1.165) is 11.3 Å². The number of rotatable bonds is 3. The summed E-state index contributed by atoms with van der Waals surface area (Å²) in [5, 5.41) is 13.7. The lowest BCUT2D eigenvalue weighted by Crippen LogP contribution is -2.40. The van der Waals surface area contributed by atoms with Gasteiger partial charge in [-0.05, 0) is 11.6 Å². The van der Waals surface area contributed by atoms with Crippen LogP contribution >= 0.6 is 0 Å². The van der Waals surface area contributed by atoms with Gasteiger partial charge in [0.05, 0.1) is 0 Å². The average Bonchev–Trinajstić information content (AvgIpc) is 2.88. The third kappa shape index (κ3) is 2.36. The summed E-state index contributed by atoms with van der Waals surface area (Å²) in [6, 6.07) is 7.64. The molecule has 0 bridgehead atoms. The predicted octanol–water partition coefficient (Wildman–Crippen LogP) is 2.17. The van der Waals surface area contributed by atoms with Crippen molar-refractivity contribution in [3.63, 3.8) is 0 Å². The van der Waals surface area contributed by atoms with E-state index in [4.69, 9.17) is 4.42 Å². The number of amides is 1. The smallest absolute Gasteiger partial charge is 0.316 e. The van der Waals surface area contributed by atoms with Crippen LogP contribution in [0, 0.1) is 0 Å². The zero-order valence-corrected chi connectivity index (χ0v) is 11.4. The van der Waals surface area contributed by atoms with Gasteiger partial charge in [-0.25, -0.2) is 0 Å². The number of nitrogens with one attached hydrogen (secondary N) is 2. The molecule has 1 aromatic heterocycles. The Morgan fingerprint density at radius 2 is 2.15 bits per heavy atom. The van der Waals surface area contributed by atoms with Crippen molar-refractivity contribution in [2.24, 2.45) is 0 Å². The summed E-state index contributed by atoms with van der Waals surface area (Å²) in [5.41, 5.74) is 1.96. The molecule has 0 fully saturated rings. The Morgan fingerprint density at radius 1 is 1.35 bits per heavy atom. The first-order chi connectivity index (χ1) is 9.63. The highest BCUT2D eigenvalue weighted by Gasteiger charge is 2.27. The van der Waals surface area contributed by atoms with Crippen LogP contribution in [0.4, 0.5) is 11.7 Å². The highest BCUT2D eigenvalue weighted by molar-refractivity contribution is 5.99. The molecule has 1 atom stereocenters. The number of anilines is 2. The number of hydrogen-bond donors (Lipinski definition) is 2. The summed E-state index contributed by atoms with van der Waals surface area (Å²) in [5.74, 6) is 0.635. The van der Waals surface area contributed by atoms with Crippen molar-refractivity contribution in [2.75, 3.05) is 10.6 Å². The van der Waals surface area contributed by atoms with E-state index in [1.54, 1.807) is 0 Å². The van der Waals surface area contributed by atoms with E-state index in [9.17, 15) is 4.79 Å². The Kier molecular flexibility index (Phi) is 3.14. The normalized spacial score (nSPS) is 17.8. The minimum atomic E-state index is -0.398. The molecule has 0 saturated heterocycles. The van der Waals surface area contributed by atoms with Gasteiger partial charge in [0.1, 0.15) is 6.04 Å². The highest BCUT2D eigenvalue weighted by atomic mass is 16.4. The maximum Gasteiger partial charge on any atom is 0.316 e. The van der Waals surface area contributed by atoms with E-state index in [1.165, 1.54) is 0 Å². The number of carbonyl (C=O) groups excluding carboxylic acids is 1. The lowest BCUT2D eigenvalue weighted by molar-refractivity contribution is -0.117. The van der Waals surface area contributed by atoms with Crippen LogP contribution in [0.5, 0.6) is 0 Å². The maximum absolute atomic E-state index is 12.0. The molecule has 0 aliphatic carbocycles. The van der Waals surface area contributed by atoms with Crippen molar-refractivity contribution in [3.8, 4) is 0 Å². The van der Waals surface area contributed by atoms with Gasteiger partial charge in [-0.2, -0.15) is 0 Å². The molecule has 2 heterocycles. The van der Waals surface area contributed by atoms with Crippen molar-refractivity contribution in [2.45, 2.75) is 32.2 Å². The lowest BCUT2D eigenvalue weighted by Gasteiger charge is -2.24. The van der Waals surface area contributed by atoms with Gasteiger partial charge < -0.3 is 15.1 Å². The Hall–Kier alpha value is -2.37. The van der Waals surface area contributed by atoms with E-state index < -0.39 is 6.04 Å². The quantitative estimate of drug-likeness (QED) is 0.895. The monoisotopic (exact) mass is 272 g/mol. The number of para-hydroxylation sites is 1. The van der Waals surface area contributed by atoms with Gasteiger partial charge in [0.25, 0.3) is 0 Å². The summed E-state index contributed by atoms with van der Waals surface area (Å²) in [4.78, 5) is 12.0. The Bertz CT molecular complexity index is 636. The van der Waals surface area contributed by atoms with Crippen LogP contribution in [0.2, 0.25) is 0 Å². The fraction of sp³-hybridized carbons (Fsp3) is 0.357. The van der Waals surface area contributed by atoms with E-state index in [0.29, 0.717) is 12.3 Å². The number of aromatic nitrogens is 2. The molecule has 2 aromatic rings. The molecule has 1 unspecified atom stereocenters. The molecule has 1 aromatic carbocycles. The van der Waals surface area contributed by atoms with Gasteiger partial charge >= 0.3 is 6.01 Å². The first-order valence-electron chi connectivity index (χ1n) is 6.62. The first kappa shape index (κ1) is 12.7. The number of carbonyl (C=O) groups is 1. The molecule has 20 heavy (non-hydrogen) atoms. The number of hydrogen-bond acceptors (Lipinski definition) is 5. The summed E-state index contributed by atoms with van der Waals surface area (Å²) >= 11 is 0. The number of nitrogens with zero attached hydrogens (tertiary/aromatic N) is 2. The minimum absolute atomic E-state index is 0.0898. The first-order valence-corrected chi connectivity index (χ1v) is 6.62. The van der Waals surface area contributed by atoms with Crippen LogP contribution < -0.4 is 10.6 Å². The molecular weight excluding hydrogens is 256 g/mol. The third-order valence-corrected chi connectivity index (χ3v) is 3.25. The molecule has 3 rings (SSSR count). The van der Waals surface area contributed by atoms with Crippen LogP contribution in [0.15, 0.2) is 28.7 Å². The highest BCUT2D eigenvalue weighted by Crippen LogP contribution is 2.24. The molecule has 0 radical (unpaired) electrons. The molecule has 1 aliphatic heterocycles. The van der Waals surface area contributed by atoms with Crippen molar-refractivity contribution in [3.05, 3.63) is 35.7 Å². The molecule has 0 saturated carbocycles. The summed E-state index contributed by atoms with van der Waals surface area (Å²) in [7, 11) is 0. The second kappa shape index (κ2) is 4.96. The van der Waals surface area contributed by atoms with Crippen molar-refractivity contribution in [1.29, 1.82) is 0 Å². The fourth-order valence-corrected chi connectivity index (χ4v) is 2.14. The largest absolute Gasteiger partial charge is 0.408 e. The van der Waals surface area contributed by atoms with E-state index in [1.807, 2.05) is 38.1 Å². The SMILES string of the molecule is CC(C)c1nnc(NC2Cc3ccccc3NC2=O)o1. The van der Waals surface area contributed by atoms with Gasteiger partial charge in [-0.15, -0.1) is 5.10 Å². The maximum atomic E-state index is 12.0. The van der Waals surface area contributed by atoms with E-state index in [2.05, 4.69) is 20.8 Å². The molecule has 104 valence electrons. The summed E-state index contributed by atoms with van der Waals surface area (Å²) < 4.78 is 5.47. The standard InChI is InChI=1S/C14H16N4O2/c1-8(2)13-17-18-14(20-13)16-11-7-9-5-3-4-6-10(9)15-12(11)19/h3-6,8,11H,7H2,1-2H3,(H,15,19)(H,16,18). The molecule has 1 aliphatic rings. The average molecular weight is 272 g/mol.